The van der Waals surface area contributed by atoms with Crippen LogP contribution in [0.2, 0.25) is 0 Å². The quantitative estimate of drug-likeness (QED) is 0.587. The minimum atomic E-state index is -0.187. The van der Waals surface area contributed by atoms with Crippen LogP contribution in [0.5, 0.6) is 0 Å². The highest BCUT2D eigenvalue weighted by molar-refractivity contribution is 5.71. The topological polar surface area (TPSA) is 63.0 Å². The van der Waals surface area contributed by atoms with Crippen LogP contribution >= 0.6 is 0 Å². The fraction of sp³-hybridized carbons (Fsp3) is 0.435. The summed E-state index contributed by atoms with van der Waals surface area (Å²) in [5.41, 5.74) is 2.86. The van der Waals surface area contributed by atoms with Crippen LogP contribution in [0, 0.1) is 0 Å². The number of hydrogen-bond donors (Lipinski definition) is 0. The summed E-state index contributed by atoms with van der Waals surface area (Å²) in [4.78, 5) is 21.7. The molecule has 0 unspecified atom stereocenters. The molecule has 1 atom stereocenters. The molecular weight excluding hydrogens is 378 g/mol. The van der Waals surface area contributed by atoms with Crippen molar-refractivity contribution in [3.05, 3.63) is 59.9 Å². The van der Waals surface area contributed by atoms with Gasteiger partial charge in [0.2, 0.25) is 0 Å². The van der Waals surface area contributed by atoms with Crippen molar-refractivity contribution in [1.29, 1.82) is 0 Å². The van der Waals surface area contributed by atoms with Crippen LogP contribution in [-0.2, 0) is 16.1 Å². The molecule has 0 N–H and O–H groups in total. The molecule has 4 heterocycles. The lowest BCUT2D eigenvalue weighted by molar-refractivity contribution is -0.147. The van der Waals surface area contributed by atoms with Gasteiger partial charge in [0.15, 0.2) is 5.65 Å². The number of anilines is 1. The molecule has 3 aromatic rings. The molecule has 7 heteroatoms. The fourth-order valence-electron chi connectivity index (χ4n) is 4.24. The molecule has 0 amide bonds. The van der Waals surface area contributed by atoms with Crippen molar-refractivity contribution >= 4 is 17.4 Å². The molecule has 1 aromatic carbocycles. The maximum Gasteiger partial charge on any atom is 0.320 e. The SMILES string of the molecule is O=C(CN1CCCC[C@H]1c1cc2nc(N3CCC3)ccn2n1)OCc1ccccc1. The Kier molecular flexibility index (Phi) is 5.36. The van der Waals surface area contributed by atoms with Gasteiger partial charge in [-0.1, -0.05) is 36.8 Å². The van der Waals surface area contributed by atoms with Gasteiger partial charge < -0.3 is 9.64 Å². The molecule has 0 saturated carbocycles. The third-order valence-electron chi connectivity index (χ3n) is 6.04. The summed E-state index contributed by atoms with van der Waals surface area (Å²) < 4.78 is 7.36. The van der Waals surface area contributed by atoms with Crippen molar-refractivity contribution in [2.24, 2.45) is 0 Å². The van der Waals surface area contributed by atoms with Crippen LogP contribution in [0.3, 0.4) is 0 Å². The number of likely N-dealkylation sites (tertiary alicyclic amines) is 1. The standard InChI is InChI=1S/C23H27N5O2/c29-23(30-17-18-7-2-1-3-8-18)16-27-11-5-4-9-20(27)19-15-22-24-21(26-12-6-13-26)10-14-28(22)25-19/h1-3,7-8,10,14-15,20H,4-6,9,11-13,16-17H2/t20-/m0/s1. The predicted molar refractivity (Wildman–Crippen MR) is 114 cm³/mol. The van der Waals surface area contributed by atoms with E-state index in [9.17, 15) is 4.79 Å². The molecule has 7 nitrogen and oxygen atoms in total. The largest absolute Gasteiger partial charge is 0.460 e. The highest BCUT2D eigenvalue weighted by atomic mass is 16.5. The van der Waals surface area contributed by atoms with Crippen molar-refractivity contribution in [1.82, 2.24) is 19.5 Å². The van der Waals surface area contributed by atoms with Crippen molar-refractivity contribution in [2.75, 3.05) is 31.1 Å². The first kappa shape index (κ1) is 19.1. The van der Waals surface area contributed by atoms with E-state index in [1.165, 1.54) is 6.42 Å². The maximum atomic E-state index is 12.5. The van der Waals surface area contributed by atoms with Gasteiger partial charge >= 0.3 is 5.97 Å². The summed E-state index contributed by atoms with van der Waals surface area (Å²) in [6.45, 7) is 3.64. The van der Waals surface area contributed by atoms with Gasteiger partial charge in [0, 0.05) is 25.4 Å². The van der Waals surface area contributed by atoms with Crippen LogP contribution in [0.25, 0.3) is 5.65 Å². The van der Waals surface area contributed by atoms with E-state index in [1.807, 2.05) is 47.1 Å². The highest BCUT2D eigenvalue weighted by Gasteiger charge is 2.28. The molecular formula is C23H27N5O2. The average molecular weight is 406 g/mol. The second-order valence-electron chi connectivity index (χ2n) is 8.13. The highest BCUT2D eigenvalue weighted by Crippen LogP contribution is 2.31. The number of carbonyl (C=O) groups is 1. The van der Waals surface area contributed by atoms with Gasteiger partial charge in [0.1, 0.15) is 12.4 Å². The number of ether oxygens (including phenoxy) is 1. The molecule has 2 saturated heterocycles. The second kappa shape index (κ2) is 8.44. The molecule has 0 aliphatic carbocycles. The molecule has 5 rings (SSSR count). The van der Waals surface area contributed by atoms with Crippen LogP contribution in [-0.4, -0.2) is 51.6 Å². The first-order chi connectivity index (χ1) is 14.8. The van der Waals surface area contributed by atoms with Crippen molar-refractivity contribution < 1.29 is 9.53 Å². The van der Waals surface area contributed by atoms with Crippen LogP contribution < -0.4 is 4.90 Å². The van der Waals surface area contributed by atoms with E-state index in [2.05, 4.69) is 15.9 Å². The number of esters is 1. The number of hydrogen-bond acceptors (Lipinski definition) is 6. The number of piperidine rings is 1. The van der Waals surface area contributed by atoms with Gasteiger partial charge in [-0.05, 0) is 37.4 Å². The molecule has 2 aliphatic heterocycles. The monoisotopic (exact) mass is 405 g/mol. The first-order valence-electron chi connectivity index (χ1n) is 10.8. The number of carbonyl (C=O) groups excluding carboxylic acids is 1. The zero-order chi connectivity index (χ0) is 20.3. The van der Waals surface area contributed by atoms with E-state index in [1.54, 1.807) is 0 Å². The van der Waals surface area contributed by atoms with Crippen LogP contribution in [0.15, 0.2) is 48.7 Å². The Morgan fingerprint density at radius 3 is 2.73 bits per heavy atom. The Bertz CT molecular complexity index is 1010. The smallest absolute Gasteiger partial charge is 0.320 e. The minimum Gasteiger partial charge on any atom is -0.460 e. The molecule has 2 aliphatic rings. The third-order valence-corrected chi connectivity index (χ3v) is 6.04. The lowest BCUT2D eigenvalue weighted by Crippen LogP contribution is -2.38. The van der Waals surface area contributed by atoms with E-state index >= 15 is 0 Å². The summed E-state index contributed by atoms with van der Waals surface area (Å²) in [6, 6.07) is 14.0. The Hall–Kier alpha value is -2.93. The number of aromatic nitrogens is 3. The Labute approximate surface area is 176 Å². The summed E-state index contributed by atoms with van der Waals surface area (Å²) >= 11 is 0. The lowest BCUT2D eigenvalue weighted by Gasteiger charge is -2.33. The third kappa shape index (κ3) is 4.03. The summed E-state index contributed by atoms with van der Waals surface area (Å²) in [5.74, 6) is 0.831. The fourth-order valence-corrected chi connectivity index (χ4v) is 4.24. The zero-order valence-electron chi connectivity index (χ0n) is 17.1. The summed E-state index contributed by atoms with van der Waals surface area (Å²) in [7, 11) is 0. The molecule has 156 valence electrons. The second-order valence-corrected chi connectivity index (χ2v) is 8.13. The Morgan fingerprint density at radius 1 is 1.07 bits per heavy atom. The molecule has 2 aromatic heterocycles. The average Bonchev–Trinajstić information content (AvgIpc) is 3.15. The van der Waals surface area contributed by atoms with Gasteiger partial charge in [-0.2, -0.15) is 5.10 Å². The van der Waals surface area contributed by atoms with Gasteiger partial charge in [-0.25, -0.2) is 9.50 Å². The van der Waals surface area contributed by atoms with Crippen molar-refractivity contribution in [3.63, 3.8) is 0 Å². The summed E-state index contributed by atoms with van der Waals surface area (Å²) in [5, 5.41) is 4.77. The minimum absolute atomic E-state index is 0.122. The summed E-state index contributed by atoms with van der Waals surface area (Å²) in [6.07, 6.45) is 6.44. The van der Waals surface area contributed by atoms with Crippen LogP contribution in [0.1, 0.15) is 43.0 Å². The molecule has 0 spiro atoms. The normalized spacial score (nSPS) is 19.6. The Balaban J connectivity index is 1.28. The number of rotatable bonds is 6. The molecule has 30 heavy (non-hydrogen) atoms. The van der Waals surface area contributed by atoms with Crippen molar-refractivity contribution in [3.8, 4) is 0 Å². The van der Waals surface area contributed by atoms with Gasteiger partial charge in [-0.3, -0.25) is 9.69 Å². The Morgan fingerprint density at radius 2 is 1.93 bits per heavy atom. The number of nitrogens with zero attached hydrogens (tertiary/aromatic N) is 5. The first-order valence-corrected chi connectivity index (χ1v) is 10.8. The van der Waals surface area contributed by atoms with Gasteiger partial charge in [0.25, 0.3) is 0 Å². The predicted octanol–water partition coefficient (Wildman–Crippen LogP) is 3.21. The number of fused-ring (bicyclic) bond motifs is 1. The van der Waals surface area contributed by atoms with E-state index in [0.29, 0.717) is 6.61 Å². The maximum absolute atomic E-state index is 12.5. The van der Waals surface area contributed by atoms with Crippen molar-refractivity contribution in [2.45, 2.75) is 38.3 Å². The van der Waals surface area contributed by atoms with E-state index < -0.39 is 0 Å². The lowest BCUT2D eigenvalue weighted by atomic mass is 9.99. The van der Waals surface area contributed by atoms with Gasteiger partial charge in [0.05, 0.1) is 18.3 Å². The molecule has 0 bridgehead atoms. The molecule has 2 fully saturated rings. The van der Waals surface area contributed by atoms with E-state index in [0.717, 1.165) is 61.6 Å². The van der Waals surface area contributed by atoms with Crippen LogP contribution in [0.4, 0.5) is 5.82 Å². The zero-order valence-corrected chi connectivity index (χ0v) is 17.1. The van der Waals surface area contributed by atoms with E-state index in [4.69, 9.17) is 14.8 Å². The number of benzene rings is 1. The van der Waals surface area contributed by atoms with E-state index in [-0.39, 0.29) is 18.6 Å². The molecule has 0 radical (unpaired) electrons. The van der Waals surface area contributed by atoms with Gasteiger partial charge in [-0.15, -0.1) is 0 Å².